The molecule has 1 atom stereocenters. The fourth-order valence-electron chi connectivity index (χ4n) is 4.70. The maximum atomic E-state index is 13.7. The Kier molecular flexibility index (Phi) is 8.98. The van der Waals surface area contributed by atoms with E-state index in [0.717, 1.165) is 30.0 Å². The first-order chi connectivity index (χ1) is 17.4. The van der Waals surface area contributed by atoms with Crippen molar-refractivity contribution in [3.05, 3.63) is 47.7 Å². The maximum absolute atomic E-state index is 13.7. The van der Waals surface area contributed by atoms with Crippen LogP contribution in [-0.4, -0.2) is 73.0 Å². The molecule has 0 bridgehead atoms. The van der Waals surface area contributed by atoms with Crippen LogP contribution in [0.15, 0.2) is 47.1 Å². The van der Waals surface area contributed by atoms with Crippen LogP contribution in [0.1, 0.15) is 49.9 Å². The zero-order valence-corrected chi connectivity index (χ0v) is 22.2. The van der Waals surface area contributed by atoms with Gasteiger partial charge in [0, 0.05) is 37.1 Å². The predicted molar refractivity (Wildman–Crippen MR) is 149 cm³/mol. The largest absolute Gasteiger partial charge is 0.405 e. The van der Waals surface area contributed by atoms with Crippen LogP contribution in [0.4, 0.5) is 11.4 Å². The van der Waals surface area contributed by atoms with Crippen molar-refractivity contribution in [2.75, 3.05) is 55.6 Å². The van der Waals surface area contributed by atoms with Gasteiger partial charge in [-0.05, 0) is 99.0 Å². The molecule has 1 saturated carbocycles. The lowest BCUT2D eigenvalue weighted by Crippen LogP contribution is -2.40. The summed E-state index contributed by atoms with van der Waals surface area (Å²) < 4.78 is 8.84. The summed E-state index contributed by atoms with van der Waals surface area (Å²) >= 11 is 1.48. The van der Waals surface area contributed by atoms with E-state index in [1.807, 2.05) is 32.1 Å². The second-order valence-electron chi connectivity index (χ2n) is 10.1. The number of hydrogen-bond acceptors (Lipinski definition) is 7. The van der Waals surface area contributed by atoms with Gasteiger partial charge in [0.05, 0.1) is 31.1 Å². The third kappa shape index (κ3) is 6.83. The molecule has 0 aromatic heterocycles. The second kappa shape index (κ2) is 12.2. The quantitative estimate of drug-likeness (QED) is 0.209. The highest BCUT2D eigenvalue weighted by Crippen LogP contribution is 2.54. The minimum atomic E-state index is -0.248. The molecule has 1 unspecified atom stereocenters. The van der Waals surface area contributed by atoms with Crippen molar-refractivity contribution in [2.45, 2.75) is 44.8 Å². The van der Waals surface area contributed by atoms with Crippen molar-refractivity contribution in [3.8, 4) is 0 Å². The van der Waals surface area contributed by atoms with Crippen molar-refractivity contribution in [1.29, 1.82) is 0 Å². The molecule has 1 aromatic carbocycles. The minimum absolute atomic E-state index is 0.0674. The maximum Gasteiger partial charge on any atom is 0.281 e. The van der Waals surface area contributed by atoms with E-state index in [2.05, 4.69) is 25.6 Å². The molecular weight excluding hydrogens is 474 g/mol. The lowest BCUT2D eigenvalue weighted by atomic mass is 9.93. The molecule has 2 saturated heterocycles. The number of anilines is 2. The van der Waals surface area contributed by atoms with Gasteiger partial charge < -0.3 is 30.1 Å². The van der Waals surface area contributed by atoms with Crippen LogP contribution in [0.2, 0.25) is 0 Å². The molecule has 3 aliphatic rings. The van der Waals surface area contributed by atoms with Crippen molar-refractivity contribution in [3.63, 3.8) is 0 Å². The number of aliphatic imine (C=N–C) groups is 1. The van der Waals surface area contributed by atoms with E-state index in [9.17, 15) is 9.90 Å². The number of aliphatic hydroxyl groups excluding tert-OH is 1. The van der Waals surface area contributed by atoms with Crippen molar-refractivity contribution in [1.82, 2.24) is 4.90 Å². The molecule has 1 amide bonds. The molecule has 2 aliphatic heterocycles. The number of ether oxygens (including phenoxy) is 1. The Labute approximate surface area is 218 Å². The number of rotatable bonds is 8. The van der Waals surface area contributed by atoms with E-state index in [1.54, 1.807) is 6.08 Å². The second-order valence-corrected chi connectivity index (χ2v) is 11.3. The van der Waals surface area contributed by atoms with Gasteiger partial charge in [-0.15, -0.1) is 0 Å². The summed E-state index contributed by atoms with van der Waals surface area (Å²) in [5.41, 5.74) is 9.50. The minimum Gasteiger partial charge on any atom is -0.405 e. The average Bonchev–Trinajstić information content (AvgIpc) is 3.66. The number of carbonyl (C=O) groups is 1. The number of nitrogens with two attached hydrogens (primary N) is 1. The molecule has 0 radical (unpaired) electrons. The molecule has 1 aromatic rings. The van der Waals surface area contributed by atoms with E-state index in [4.69, 9.17) is 10.5 Å². The van der Waals surface area contributed by atoms with Crippen LogP contribution < -0.4 is 15.4 Å². The monoisotopic (exact) mass is 513 g/mol. The van der Waals surface area contributed by atoms with E-state index >= 15 is 0 Å². The Balaban J connectivity index is 1.64. The highest BCUT2D eigenvalue weighted by atomic mass is 32.2. The molecule has 1 spiro atoms. The predicted octanol–water partition coefficient (Wildman–Crippen LogP) is 3.80. The van der Waals surface area contributed by atoms with E-state index < -0.39 is 0 Å². The molecule has 8 nitrogen and oxygen atoms in total. The summed E-state index contributed by atoms with van der Waals surface area (Å²) in [5.74, 6) is 0.386. The van der Waals surface area contributed by atoms with Crippen LogP contribution >= 0.6 is 11.9 Å². The van der Waals surface area contributed by atoms with Crippen molar-refractivity contribution >= 4 is 35.1 Å². The number of piperidine rings is 1. The summed E-state index contributed by atoms with van der Waals surface area (Å²) in [6.07, 6.45) is 10.2. The van der Waals surface area contributed by atoms with Gasteiger partial charge in [-0.2, -0.15) is 4.99 Å². The number of aliphatic hydroxyl groups is 1. The average molecular weight is 514 g/mol. The molecule has 9 heteroatoms. The molecule has 196 valence electrons. The lowest BCUT2D eigenvalue weighted by molar-refractivity contribution is 0.0680. The fourth-order valence-corrected chi connectivity index (χ4v) is 5.24. The van der Waals surface area contributed by atoms with Gasteiger partial charge in [0.1, 0.15) is 5.84 Å². The summed E-state index contributed by atoms with van der Waals surface area (Å²) in [5, 5.41) is 9.44. The standard InChI is InChI=1S/C27H39N5O3S/c1-20(5-10-28)17-25(32-13-15-35-16-14-32)29-26(34)23-4-3-22(30-36-21(2)19-33)18-24(23)31-11-8-27(6-7-27)9-12-31/h3-5,10,17-18,21,30,33H,6-9,11-16,19,28H2,1-2H3/b10-5+,20-17-,29-25+. The van der Waals surface area contributed by atoms with E-state index in [-0.39, 0.29) is 17.8 Å². The van der Waals surface area contributed by atoms with Crippen LogP contribution in [0.25, 0.3) is 0 Å². The number of amidine groups is 1. The Bertz CT molecular complexity index is 1000. The zero-order valence-electron chi connectivity index (χ0n) is 21.4. The highest BCUT2D eigenvalue weighted by Gasteiger charge is 2.44. The summed E-state index contributed by atoms with van der Waals surface area (Å²) in [7, 11) is 0. The van der Waals surface area contributed by atoms with Gasteiger partial charge in [0.25, 0.3) is 5.91 Å². The molecule has 1 aliphatic carbocycles. The number of hydrogen-bond donors (Lipinski definition) is 3. The lowest BCUT2D eigenvalue weighted by Gasteiger charge is -2.35. The van der Waals surface area contributed by atoms with Gasteiger partial charge in [-0.1, -0.05) is 0 Å². The first-order valence-electron chi connectivity index (χ1n) is 12.9. The van der Waals surface area contributed by atoms with Gasteiger partial charge in [-0.3, -0.25) is 4.79 Å². The first-order valence-corrected chi connectivity index (χ1v) is 13.7. The molecule has 3 fully saturated rings. The number of nitrogens with one attached hydrogen (secondary N) is 1. The Morgan fingerprint density at radius 2 is 1.97 bits per heavy atom. The van der Waals surface area contributed by atoms with Crippen LogP contribution in [0, 0.1) is 5.41 Å². The number of benzene rings is 1. The van der Waals surface area contributed by atoms with Gasteiger partial charge in [0.15, 0.2) is 0 Å². The third-order valence-electron chi connectivity index (χ3n) is 7.25. The molecule has 2 heterocycles. The number of amides is 1. The molecular formula is C27H39N5O3S. The Morgan fingerprint density at radius 1 is 1.25 bits per heavy atom. The number of morpholine rings is 1. The van der Waals surface area contributed by atoms with Crippen LogP contribution in [0.3, 0.4) is 0 Å². The Hall–Kier alpha value is -2.49. The third-order valence-corrected chi connectivity index (χ3v) is 8.16. The number of nitrogens with zero attached hydrogens (tertiary/aromatic N) is 3. The first kappa shape index (κ1) is 26.6. The topological polar surface area (TPSA) is 103 Å². The van der Waals surface area contributed by atoms with E-state index in [1.165, 1.54) is 43.8 Å². The number of carbonyl (C=O) groups excluding carboxylic acids is 1. The van der Waals surface area contributed by atoms with Crippen LogP contribution in [0.5, 0.6) is 0 Å². The van der Waals surface area contributed by atoms with Gasteiger partial charge >= 0.3 is 0 Å². The highest BCUT2D eigenvalue weighted by molar-refractivity contribution is 8.01. The normalized spacial score (nSPS) is 21.2. The molecule has 36 heavy (non-hydrogen) atoms. The fraction of sp³-hybridized carbons (Fsp3) is 0.556. The van der Waals surface area contributed by atoms with Gasteiger partial charge in [-0.25, -0.2) is 0 Å². The smallest absolute Gasteiger partial charge is 0.281 e. The molecule has 4 rings (SSSR count). The van der Waals surface area contributed by atoms with Crippen molar-refractivity contribution in [2.24, 2.45) is 16.1 Å². The summed E-state index contributed by atoms with van der Waals surface area (Å²) in [6.45, 7) is 8.50. The SMILES string of the molecule is CC(=C/C(=N\C(=O)c1ccc(NSC(C)CO)cc1N1CCC2(CC1)CC2)N1CCOCC1)/C=C/N. The number of allylic oxidation sites excluding steroid dienone is 2. The zero-order chi connectivity index (χ0) is 25.5. The van der Waals surface area contributed by atoms with Crippen molar-refractivity contribution < 1.29 is 14.6 Å². The Morgan fingerprint density at radius 3 is 2.61 bits per heavy atom. The molecule has 4 N–H and O–H groups in total. The van der Waals surface area contributed by atoms with Gasteiger partial charge in [0.2, 0.25) is 0 Å². The summed E-state index contributed by atoms with van der Waals surface area (Å²) in [4.78, 5) is 22.7. The van der Waals surface area contributed by atoms with E-state index in [0.29, 0.717) is 43.1 Å². The summed E-state index contributed by atoms with van der Waals surface area (Å²) in [6, 6.07) is 5.85. The van der Waals surface area contributed by atoms with Crippen LogP contribution in [-0.2, 0) is 4.74 Å².